The molecule has 1 aliphatic rings. The van der Waals surface area contributed by atoms with Crippen molar-refractivity contribution >= 4 is 11.7 Å². The van der Waals surface area contributed by atoms with Crippen LogP contribution in [-0.2, 0) is 11.3 Å². The third-order valence-electron chi connectivity index (χ3n) is 5.71. The van der Waals surface area contributed by atoms with Crippen LogP contribution in [0.3, 0.4) is 0 Å². The van der Waals surface area contributed by atoms with Crippen molar-refractivity contribution in [1.82, 2.24) is 4.90 Å². The van der Waals surface area contributed by atoms with Gasteiger partial charge in [-0.3, -0.25) is 4.90 Å². The number of aromatic carboxylic acids is 1. The van der Waals surface area contributed by atoms with E-state index in [0.29, 0.717) is 12.2 Å². The molecule has 3 rings (SSSR count). The molecule has 0 saturated carbocycles. The molecule has 0 spiro atoms. The van der Waals surface area contributed by atoms with E-state index in [1.807, 2.05) is 26.0 Å². The first-order valence-corrected chi connectivity index (χ1v) is 9.93. The molecular formula is C23H30N2O3. The molecule has 0 bridgehead atoms. The Morgan fingerprint density at radius 2 is 1.93 bits per heavy atom. The Balaban J connectivity index is 1.87. The third kappa shape index (κ3) is 4.54. The van der Waals surface area contributed by atoms with Gasteiger partial charge >= 0.3 is 5.97 Å². The maximum absolute atomic E-state index is 11.2. The standard InChI is InChI=1S/C23H30N2O3/c1-4-28-20-9-10-25(14-19-12-21(24)16(3)11-15(19)2)22(13-20)17-5-7-18(8-6-17)23(26)27/h5-8,11-12,20,22H,4,9-10,13-14,24H2,1-3H3,(H,26,27)/t20-,22-/m0/s1. The van der Waals surface area contributed by atoms with Gasteiger partial charge in [0.1, 0.15) is 0 Å². The third-order valence-corrected chi connectivity index (χ3v) is 5.71. The zero-order valence-electron chi connectivity index (χ0n) is 16.9. The number of nitrogen functional groups attached to an aromatic ring is 1. The molecule has 2 aromatic carbocycles. The summed E-state index contributed by atoms with van der Waals surface area (Å²) in [4.78, 5) is 13.6. The number of benzene rings is 2. The fraction of sp³-hybridized carbons (Fsp3) is 0.435. The molecule has 5 heteroatoms. The largest absolute Gasteiger partial charge is 0.478 e. The first kappa shape index (κ1) is 20.4. The Morgan fingerprint density at radius 3 is 2.57 bits per heavy atom. The minimum absolute atomic E-state index is 0.190. The highest BCUT2D eigenvalue weighted by Crippen LogP contribution is 2.34. The molecule has 1 aliphatic heterocycles. The average Bonchev–Trinajstić information content (AvgIpc) is 2.67. The summed E-state index contributed by atoms with van der Waals surface area (Å²) in [5.74, 6) is -0.898. The molecule has 0 amide bonds. The maximum atomic E-state index is 11.2. The van der Waals surface area contributed by atoms with E-state index in [1.165, 1.54) is 11.1 Å². The molecule has 0 aromatic heterocycles. The first-order chi connectivity index (χ1) is 13.4. The van der Waals surface area contributed by atoms with E-state index in [-0.39, 0.29) is 12.1 Å². The van der Waals surface area contributed by atoms with Gasteiger partial charge in [-0.05, 0) is 74.1 Å². The van der Waals surface area contributed by atoms with E-state index in [1.54, 1.807) is 12.1 Å². The van der Waals surface area contributed by atoms with Crippen LogP contribution >= 0.6 is 0 Å². The predicted molar refractivity (Wildman–Crippen MR) is 112 cm³/mol. The first-order valence-electron chi connectivity index (χ1n) is 9.93. The molecule has 2 aromatic rings. The summed E-state index contributed by atoms with van der Waals surface area (Å²) in [6.07, 6.45) is 2.13. The lowest BCUT2D eigenvalue weighted by Crippen LogP contribution is -2.39. The Kier molecular flexibility index (Phi) is 6.37. The van der Waals surface area contributed by atoms with Crippen LogP contribution in [0.2, 0.25) is 0 Å². The lowest BCUT2D eigenvalue weighted by molar-refractivity contribution is -0.0138. The molecule has 150 valence electrons. The van der Waals surface area contributed by atoms with Crippen LogP contribution in [0, 0.1) is 13.8 Å². The van der Waals surface area contributed by atoms with Gasteiger partial charge in [0.15, 0.2) is 0 Å². The molecular weight excluding hydrogens is 352 g/mol. The van der Waals surface area contributed by atoms with Crippen molar-refractivity contribution in [2.45, 2.75) is 52.3 Å². The second kappa shape index (κ2) is 8.76. The van der Waals surface area contributed by atoms with Crippen LogP contribution in [0.25, 0.3) is 0 Å². The number of hydrogen-bond acceptors (Lipinski definition) is 4. The van der Waals surface area contributed by atoms with Crippen molar-refractivity contribution in [2.75, 3.05) is 18.9 Å². The zero-order chi connectivity index (χ0) is 20.3. The van der Waals surface area contributed by atoms with Crippen molar-refractivity contribution in [3.63, 3.8) is 0 Å². The van der Waals surface area contributed by atoms with E-state index >= 15 is 0 Å². The highest BCUT2D eigenvalue weighted by Gasteiger charge is 2.30. The molecule has 28 heavy (non-hydrogen) atoms. The Bertz CT molecular complexity index is 832. The molecule has 0 unspecified atom stereocenters. The topological polar surface area (TPSA) is 75.8 Å². The van der Waals surface area contributed by atoms with Crippen LogP contribution in [0.5, 0.6) is 0 Å². The highest BCUT2D eigenvalue weighted by molar-refractivity contribution is 5.87. The lowest BCUT2D eigenvalue weighted by Gasteiger charge is -2.40. The number of rotatable bonds is 6. The number of carboxylic acid groups (broad SMARTS) is 1. The number of carboxylic acids is 1. The summed E-state index contributed by atoms with van der Waals surface area (Å²) in [5.41, 5.74) is 12.0. The van der Waals surface area contributed by atoms with Gasteiger partial charge < -0.3 is 15.6 Å². The number of piperidine rings is 1. The van der Waals surface area contributed by atoms with Crippen LogP contribution < -0.4 is 5.73 Å². The molecule has 0 radical (unpaired) electrons. The summed E-state index contributed by atoms with van der Waals surface area (Å²) in [5, 5.41) is 9.18. The maximum Gasteiger partial charge on any atom is 0.335 e. The monoisotopic (exact) mass is 382 g/mol. The Morgan fingerprint density at radius 1 is 1.21 bits per heavy atom. The van der Waals surface area contributed by atoms with Crippen LogP contribution in [-0.4, -0.2) is 35.2 Å². The number of ether oxygens (including phenoxy) is 1. The molecule has 3 N–H and O–H groups in total. The second-order valence-electron chi connectivity index (χ2n) is 7.65. The van der Waals surface area contributed by atoms with Gasteiger partial charge in [0.05, 0.1) is 11.7 Å². The number of anilines is 1. The minimum Gasteiger partial charge on any atom is -0.478 e. The summed E-state index contributed by atoms with van der Waals surface area (Å²) >= 11 is 0. The Labute approximate surface area is 167 Å². The zero-order valence-corrected chi connectivity index (χ0v) is 16.9. The number of hydrogen-bond donors (Lipinski definition) is 2. The number of nitrogens with zero attached hydrogens (tertiary/aromatic N) is 1. The number of nitrogens with two attached hydrogens (primary N) is 1. The van der Waals surface area contributed by atoms with Crippen molar-refractivity contribution in [3.8, 4) is 0 Å². The highest BCUT2D eigenvalue weighted by atomic mass is 16.5. The fourth-order valence-electron chi connectivity index (χ4n) is 4.06. The quantitative estimate of drug-likeness (QED) is 0.728. The van der Waals surface area contributed by atoms with Gasteiger partial charge in [-0.2, -0.15) is 0 Å². The van der Waals surface area contributed by atoms with Crippen LogP contribution in [0.1, 0.15) is 58.4 Å². The molecule has 5 nitrogen and oxygen atoms in total. The normalized spacial score (nSPS) is 20.2. The van der Waals surface area contributed by atoms with Crippen molar-refractivity contribution in [3.05, 3.63) is 64.2 Å². The van der Waals surface area contributed by atoms with E-state index in [2.05, 4.69) is 24.0 Å². The molecule has 0 aliphatic carbocycles. The van der Waals surface area contributed by atoms with Crippen LogP contribution in [0.15, 0.2) is 36.4 Å². The summed E-state index contributed by atoms with van der Waals surface area (Å²) in [6, 6.07) is 11.7. The van der Waals surface area contributed by atoms with Gasteiger partial charge in [0, 0.05) is 31.4 Å². The van der Waals surface area contributed by atoms with Crippen LogP contribution in [0.4, 0.5) is 5.69 Å². The van der Waals surface area contributed by atoms with Gasteiger partial charge in [-0.1, -0.05) is 18.2 Å². The second-order valence-corrected chi connectivity index (χ2v) is 7.65. The van der Waals surface area contributed by atoms with E-state index in [9.17, 15) is 9.90 Å². The van der Waals surface area contributed by atoms with E-state index in [4.69, 9.17) is 10.5 Å². The lowest BCUT2D eigenvalue weighted by atomic mass is 9.91. The number of likely N-dealkylation sites (tertiary alicyclic amines) is 1. The molecule has 1 saturated heterocycles. The van der Waals surface area contributed by atoms with E-state index in [0.717, 1.165) is 42.7 Å². The van der Waals surface area contributed by atoms with Gasteiger partial charge in [-0.15, -0.1) is 0 Å². The van der Waals surface area contributed by atoms with Gasteiger partial charge in [0.25, 0.3) is 0 Å². The summed E-state index contributed by atoms with van der Waals surface area (Å²) in [7, 11) is 0. The minimum atomic E-state index is -0.898. The SMILES string of the molecule is CCO[C@H]1CCN(Cc2cc(N)c(C)cc2C)[C@H](c2ccc(C(=O)O)cc2)C1. The van der Waals surface area contributed by atoms with Crippen molar-refractivity contribution < 1.29 is 14.6 Å². The average molecular weight is 383 g/mol. The van der Waals surface area contributed by atoms with Gasteiger partial charge in [-0.25, -0.2) is 4.79 Å². The summed E-state index contributed by atoms with van der Waals surface area (Å²) < 4.78 is 5.91. The molecule has 1 fully saturated rings. The number of aryl methyl sites for hydroxylation is 2. The van der Waals surface area contributed by atoms with E-state index < -0.39 is 5.97 Å². The summed E-state index contributed by atoms with van der Waals surface area (Å²) in [6.45, 7) is 8.66. The molecule has 2 atom stereocenters. The fourth-order valence-corrected chi connectivity index (χ4v) is 4.06. The Hall–Kier alpha value is -2.37. The smallest absolute Gasteiger partial charge is 0.335 e. The van der Waals surface area contributed by atoms with Crippen molar-refractivity contribution in [1.29, 1.82) is 0 Å². The van der Waals surface area contributed by atoms with Crippen molar-refractivity contribution in [2.24, 2.45) is 0 Å². The molecule has 1 heterocycles. The predicted octanol–water partition coefficient (Wildman–Crippen LogP) is 4.33. The van der Waals surface area contributed by atoms with Gasteiger partial charge in [0.2, 0.25) is 0 Å². The number of carbonyl (C=O) groups is 1.